The zero-order chi connectivity index (χ0) is 10.8. The molecule has 0 aliphatic rings. The van der Waals surface area contributed by atoms with Gasteiger partial charge < -0.3 is 4.74 Å². The molecule has 78 valence electrons. The highest BCUT2D eigenvalue weighted by Gasteiger charge is 2.06. The highest BCUT2D eigenvalue weighted by molar-refractivity contribution is 7.09. The van der Waals surface area contributed by atoms with Crippen molar-refractivity contribution in [1.29, 1.82) is 0 Å². The number of hydrogen-bond acceptors (Lipinski definition) is 4. The fourth-order valence-electron chi connectivity index (χ4n) is 1.26. The van der Waals surface area contributed by atoms with Crippen LogP contribution in [0.5, 0.6) is 5.88 Å². The predicted octanol–water partition coefficient (Wildman–Crippen LogP) is 2.66. The minimum atomic E-state index is -0.475. The van der Waals surface area contributed by atoms with Crippen LogP contribution in [0.3, 0.4) is 0 Å². The topological polar surface area (TPSA) is 35.0 Å². The first-order valence-corrected chi connectivity index (χ1v) is 5.11. The fourth-order valence-corrected chi connectivity index (χ4v) is 1.95. The third-order valence-electron chi connectivity index (χ3n) is 1.90. The third-order valence-corrected chi connectivity index (χ3v) is 2.73. The molecule has 2 aromatic heterocycles. The smallest absolute Gasteiger partial charge is 0.225 e. The maximum atomic E-state index is 13.0. The van der Waals surface area contributed by atoms with E-state index in [4.69, 9.17) is 4.74 Å². The SMILES string of the molecule is COc1cc(-c2cc(C)nc(F)c2)sn1. The van der Waals surface area contributed by atoms with Gasteiger partial charge in [-0.05, 0) is 30.1 Å². The van der Waals surface area contributed by atoms with Crippen molar-refractivity contribution in [3.8, 4) is 16.3 Å². The summed E-state index contributed by atoms with van der Waals surface area (Å²) in [5.41, 5.74) is 1.43. The van der Waals surface area contributed by atoms with Crippen LogP contribution >= 0.6 is 11.5 Å². The van der Waals surface area contributed by atoms with Crippen LogP contribution in [-0.4, -0.2) is 16.5 Å². The van der Waals surface area contributed by atoms with Gasteiger partial charge in [0.2, 0.25) is 11.8 Å². The van der Waals surface area contributed by atoms with Gasteiger partial charge in [-0.25, -0.2) is 4.98 Å². The number of nitrogens with zero attached hydrogens (tertiary/aromatic N) is 2. The summed E-state index contributed by atoms with van der Waals surface area (Å²) in [7, 11) is 1.55. The van der Waals surface area contributed by atoms with Crippen LogP contribution < -0.4 is 4.74 Å². The molecule has 0 radical (unpaired) electrons. The average Bonchev–Trinajstić information content (AvgIpc) is 2.64. The van der Waals surface area contributed by atoms with Crippen molar-refractivity contribution in [2.24, 2.45) is 0 Å². The zero-order valence-corrected chi connectivity index (χ0v) is 9.14. The number of hydrogen-bond donors (Lipinski definition) is 0. The number of halogens is 1. The summed E-state index contributed by atoms with van der Waals surface area (Å²) < 4.78 is 22.1. The lowest BCUT2D eigenvalue weighted by molar-refractivity contribution is 0.403. The van der Waals surface area contributed by atoms with E-state index in [9.17, 15) is 4.39 Å². The fraction of sp³-hybridized carbons (Fsp3) is 0.200. The van der Waals surface area contributed by atoms with Crippen molar-refractivity contribution in [3.05, 3.63) is 29.8 Å². The number of ether oxygens (including phenoxy) is 1. The van der Waals surface area contributed by atoms with Crippen LogP contribution in [0.2, 0.25) is 0 Å². The highest BCUT2D eigenvalue weighted by Crippen LogP contribution is 2.28. The minimum Gasteiger partial charge on any atom is -0.480 e. The van der Waals surface area contributed by atoms with Gasteiger partial charge in [-0.15, -0.1) is 0 Å². The molecular weight excluding hydrogens is 215 g/mol. The van der Waals surface area contributed by atoms with Crippen molar-refractivity contribution in [3.63, 3.8) is 0 Å². The first-order chi connectivity index (χ1) is 7.19. The number of aromatic nitrogens is 2. The number of aryl methyl sites for hydroxylation is 1. The van der Waals surface area contributed by atoms with Gasteiger partial charge in [0, 0.05) is 17.8 Å². The Labute approximate surface area is 90.7 Å². The molecule has 0 spiro atoms. The molecule has 0 unspecified atom stereocenters. The predicted molar refractivity (Wildman–Crippen MR) is 56.6 cm³/mol. The van der Waals surface area contributed by atoms with Crippen molar-refractivity contribution < 1.29 is 9.13 Å². The molecule has 5 heteroatoms. The van der Waals surface area contributed by atoms with Crippen LogP contribution in [0.25, 0.3) is 10.4 Å². The van der Waals surface area contributed by atoms with Gasteiger partial charge in [-0.3, -0.25) is 0 Å². The van der Waals surface area contributed by atoms with Crippen LogP contribution in [0, 0.1) is 12.9 Å². The molecule has 0 saturated carbocycles. The molecule has 0 fully saturated rings. The molecule has 0 N–H and O–H groups in total. The minimum absolute atomic E-state index is 0.475. The molecule has 0 aliphatic heterocycles. The van der Waals surface area contributed by atoms with Gasteiger partial charge in [0.1, 0.15) is 0 Å². The molecule has 0 saturated heterocycles. The first-order valence-electron chi connectivity index (χ1n) is 4.34. The van der Waals surface area contributed by atoms with Crippen molar-refractivity contribution in [2.45, 2.75) is 6.92 Å². The molecule has 0 aliphatic carbocycles. The first kappa shape index (κ1) is 10.0. The number of methoxy groups -OCH3 is 1. The summed E-state index contributed by atoms with van der Waals surface area (Å²) in [6.07, 6.45) is 0. The summed E-state index contributed by atoms with van der Waals surface area (Å²) in [6.45, 7) is 1.75. The van der Waals surface area contributed by atoms with E-state index in [1.807, 2.05) is 6.07 Å². The van der Waals surface area contributed by atoms with Crippen LogP contribution in [-0.2, 0) is 0 Å². The highest BCUT2D eigenvalue weighted by atomic mass is 32.1. The van der Waals surface area contributed by atoms with Crippen LogP contribution in [0.1, 0.15) is 5.69 Å². The third kappa shape index (κ3) is 2.12. The molecule has 15 heavy (non-hydrogen) atoms. The Hall–Kier alpha value is -1.49. The molecule has 0 amide bonds. The summed E-state index contributed by atoms with van der Waals surface area (Å²) in [6, 6.07) is 4.98. The molecule has 2 aromatic rings. The Morgan fingerprint density at radius 3 is 2.73 bits per heavy atom. The van der Waals surface area contributed by atoms with E-state index >= 15 is 0 Å². The van der Waals surface area contributed by atoms with E-state index in [1.165, 1.54) is 17.6 Å². The van der Waals surface area contributed by atoms with E-state index in [0.29, 0.717) is 11.6 Å². The second-order valence-corrected chi connectivity index (χ2v) is 3.86. The monoisotopic (exact) mass is 224 g/mol. The molecule has 0 aromatic carbocycles. The molecule has 3 nitrogen and oxygen atoms in total. The molecule has 2 rings (SSSR count). The Morgan fingerprint density at radius 2 is 2.13 bits per heavy atom. The summed E-state index contributed by atoms with van der Waals surface area (Å²) >= 11 is 1.28. The zero-order valence-electron chi connectivity index (χ0n) is 8.32. The number of pyridine rings is 1. The lowest BCUT2D eigenvalue weighted by Gasteiger charge is -1.98. The van der Waals surface area contributed by atoms with Gasteiger partial charge in [0.25, 0.3) is 0 Å². The van der Waals surface area contributed by atoms with E-state index in [0.717, 1.165) is 10.4 Å². The Kier molecular flexibility index (Phi) is 2.64. The quantitative estimate of drug-likeness (QED) is 0.735. The summed E-state index contributed by atoms with van der Waals surface area (Å²) in [5.74, 6) is 0.0715. The van der Waals surface area contributed by atoms with Gasteiger partial charge >= 0.3 is 0 Å². The second kappa shape index (κ2) is 3.94. The average molecular weight is 224 g/mol. The summed E-state index contributed by atoms with van der Waals surface area (Å²) in [5, 5.41) is 0. The van der Waals surface area contributed by atoms with E-state index in [1.54, 1.807) is 20.1 Å². The Morgan fingerprint density at radius 1 is 1.33 bits per heavy atom. The van der Waals surface area contributed by atoms with Crippen molar-refractivity contribution in [1.82, 2.24) is 9.36 Å². The largest absolute Gasteiger partial charge is 0.480 e. The van der Waals surface area contributed by atoms with Gasteiger partial charge in [-0.1, -0.05) is 0 Å². The number of rotatable bonds is 2. The van der Waals surface area contributed by atoms with Gasteiger partial charge in [-0.2, -0.15) is 8.76 Å². The van der Waals surface area contributed by atoms with Crippen molar-refractivity contribution in [2.75, 3.05) is 7.11 Å². The lowest BCUT2D eigenvalue weighted by atomic mass is 10.2. The van der Waals surface area contributed by atoms with E-state index in [2.05, 4.69) is 9.36 Å². The summed E-state index contributed by atoms with van der Waals surface area (Å²) in [4.78, 5) is 4.54. The molecule has 0 bridgehead atoms. The normalized spacial score (nSPS) is 10.3. The van der Waals surface area contributed by atoms with E-state index < -0.39 is 5.95 Å². The second-order valence-electron chi connectivity index (χ2n) is 3.05. The van der Waals surface area contributed by atoms with E-state index in [-0.39, 0.29) is 0 Å². The van der Waals surface area contributed by atoms with Crippen LogP contribution in [0.15, 0.2) is 18.2 Å². The lowest BCUT2D eigenvalue weighted by Crippen LogP contribution is -1.87. The molecule has 0 atom stereocenters. The Balaban J connectivity index is 2.44. The van der Waals surface area contributed by atoms with Gasteiger partial charge in [0.15, 0.2) is 0 Å². The standard InChI is InChI=1S/C10H9FN2OS/c1-6-3-7(4-9(11)12-6)8-5-10(14-2)13-15-8/h3-5H,1-2H3. The maximum absolute atomic E-state index is 13.0. The molecule has 2 heterocycles. The Bertz CT molecular complexity index is 464. The van der Waals surface area contributed by atoms with Gasteiger partial charge in [0.05, 0.1) is 12.0 Å². The molecular formula is C10H9FN2OS. The van der Waals surface area contributed by atoms with Crippen molar-refractivity contribution >= 4 is 11.5 Å². The van der Waals surface area contributed by atoms with Crippen LogP contribution in [0.4, 0.5) is 4.39 Å². The maximum Gasteiger partial charge on any atom is 0.225 e.